The average Bonchev–Trinajstić information content (AvgIpc) is 2.69. The van der Waals surface area contributed by atoms with Crippen molar-refractivity contribution in [3.63, 3.8) is 0 Å². The molecule has 3 N–H and O–H groups in total. The molecule has 0 bridgehead atoms. The number of benzene rings is 2. The van der Waals surface area contributed by atoms with Crippen LogP contribution in [0.15, 0.2) is 54.6 Å². The molecule has 2 aromatic rings. The maximum Gasteiger partial charge on any atom is 0.264 e. The first kappa shape index (κ1) is 19.3. The first-order valence-corrected chi connectivity index (χ1v) is 9.81. The van der Waals surface area contributed by atoms with Crippen LogP contribution in [0.3, 0.4) is 0 Å². The van der Waals surface area contributed by atoms with Crippen LogP contribution in [0.2, 0.25) is 0 Å². The molecule has 1 aliphatic heterocycles. The number of carbonyl (C=O) groups excluding carboxylic acids is 1. The molecule has 0 radical (unpaired) electrons. The summed E-state index contributed by atoms with van der Waals surface area (Å²) >= 11 is 5.20. The molecule has 1 amide bonds. The Morgan fingerprint density at radius 3 is 2.41 bits per heavy atom. The van der Waals surface area contributed by atoms with E-state index in [-0.39, 0.29) is 17.6 Å². The van der Waals surface area contributed by atoms with Gasteiger partial charge in [0, 0.05) is 11.3 Å². The highest BCUT2D eigenvalue weighted by molar-refractivity contribution is 7.80. The molecule has 3 rings (SSSR count). The predicted octanol–water partition coefficient (Wildman–Crippen LogP) is 2.15. The normalized spacial score (nSPS) is 14.4. The van der Waals surface area contributed by atoms with Gasteiger partial charge in [-0.1, -0.05) is 30.3 Å². The Hall–Kier alpha value is -2.44. The van der Waals surface area contributed by atoms with Gasteiger partial charge in [-0.2, -0.15) is 0 Å². The number of likely N-dealkylation sites (tertiary alicyclic amines) is 1. The van der Waals surface area contributed by atoms with E-state index in [0.717, 1.165) is 12.2 Å². The van der Waals surface area contributed by atoms with Crippen molar-refractivity contribution in [3.05, 3.63) is 60.2 Å². The maximum atomic E-state index is 11.9. The van der Waals surface area contributed by atoms with Crippen LogP contribution < -0.4 is 20.3 Å². The van der Waals surface area contributed by atoms with Crippen molar-refractivity contribution < 1.29 is 14.4 Å². The first-order valence-electron chi connectivity index (χ1n) is 9.40. The minimum Gasteiger partial charge on any atom is -0.484 e. The van der Waals surface area contributed by atoms with E-state index in [2.05, 4.69) is 22.8 Å². The van der Waals surface area contributed by atoms with Gasteiger partial charge in [0.25, 0.3) is 5.91 Å². The molecular formula is C21H26N3O2S+. The molecule has 1 heterocycles. The molecule has 5 nitrogen and oxygen atoms in total. The number of thiocarbonyl (C=S) groups is 1. The van der Waals surface area contributed by atoms with Crippen LogP contribution in [0, 0.1) is 0 Å². The zero-order valence-electron chi connectivity index (χ0n) is 15.4. The molecule has 0 aliphatic carbocycles. The topological polar surface area (TPSA) is 54.8 Å². The summed E-state index contributed by atoms with van der Waals surface area (Å²) in [6.07, 6.45) is 4.03. The third-order valence-electron chi connectivity index (χ3n) is 4.59. The number of hydrogen-bond donors (Lipinski definition) is 3. The number of hydrogen-bond acceptors (Lipinski definition) is 3. The van der Waals surface area contributed by atoms with Crippen LogP contribution in [-0.4, -0.2) is 30.7 Å². The van der Waals surface area contributed by atoms with E-state index in [0.29, 0.717) is 5.75 Å². The van der Waals surface area contributed by atoms with E-state index >= 15 is 0 Å². The van der Waals surface area contributed by atoms with Gasteiger partial charge in [0.15, 0.2) is 11.7 Å². The van der Waals surface area contributed by atoms with E-state index in [1.807, 2.05) is 30.3 Å². The Kier molecular flexibility index (Phi) is 7.19. The number of nitrogens with one attached hydrogen (secondary N) is 3. The minimum absolute atomic E-state index is 0.0800. The second-order valence-electron chi connectivity index (χ2n) is 6.79. The van der Waals surface area contributed by atoms with Gasteiger partial charge in [-0.25, -0.2) is 0 Å². The highest BCUT2D eigenvalue weighted by atomic mass is 32.1. The van der Waals surface area contributed by atoms with E-state index in [1.54, 1.807) is 17.0 Å². The van der Waals surface area contributed by atoms with Crippen LogP contribution in [-0.2, 0) is 11.3 Å². The van der Waals surface area contributed by atoms with E-state index in [9.17, 15) is 4.79 Å². The number of carbonyl (C=O) groups is 1. The van der Waals surface area contributed by atoms with Crippen LogP contribution in [0.4, 0.5) is 5.69 Å². The van der Waals surface area contributed by atoms with Crippen molar-refractivity contribution >= 4 is 28.9 Å². The fourth-order valence-electron chi connectivity index (χ4n) is 3.21. The molecule has 0 atom stereocenters. The van der Waals surface area contributed by atoms with Crippen molar-refractivity contribution in [1.29, 1.82) is 0 Å². The second-order valence-corrected chi connectivity index (χ2v) is 7.20. The molecule has 2 aromatic carbocycles. The van der Waals surface area contributed by atoms with Gasteiger partial charge in [-0.3, -0.25) is 10.1 Å². The molecule has 27 heavy (non-hydrogen) atoms. The lowest BCUT2D eigenvalue weighted by molar-refractivity contribution is -0.918. The lowest BCUT2D eigenvalue weighted by atomic mass is 10.1. The van der Waals surface area contributed by atoms with Crippen molar-refractivity contribution in [2.75, 3.05) is 25.0 Å². The van der Waals surface area contributed by atoms with Gasteiger partial charge < -0.3 is 15.0 Å². The number of ether oxygens (including phenoxy) is 1. The van der Waals surface area contributed by atoms with Crippen LogP contribution in [0.5, 0.6) is 5.75 Å². The fourth-order valence-corrected chi connectivity index (χ4v) is 3.45. The number of quaternary nitrogens is 1. The van der Waals surface area contributed by atoms with Gasteiger partial charge >= 0.3 is 0 Å². The molecule has 1 fully saturated rings. The van der Waals surface area contributed by atoms with Crippen molar-refractivity contribution in [2.45, 2.75) is 25.8 Å². The smallest absolute Gasteiger partial charge is 0.264 e. The summed E-state index contributed by atoms with van der Waals surface area (Å²) in [6.45, 7) is 3.52. The second kappa shape index (κ2) is 10.0. The van der Waals surface area contributed by atoms with Gasteiger partial charge in [0.05, 0.1) is 13.1 Å². The number of anilines is 1. The molecular weight excluding hydrogens is 358 g/mol. The van der Waals surface area contributed by atoms with Crippen molar-refractivity contribution in [2.24, 2.45) is 0 Å². The lowest BCUT2D eigenvalue weighted by Gasteiger charge is -2.23. The Balaban J connectivity index is 1.41. The number of rotatable bonds is 6. The van der Waals surface area contributed by atoms with Crippen molar-refractivity contribution in [3.8, 4) is 5.75 Å². The summed E-state index contributed by atoms with van der Waals surface area (Å²) in [4.78, 5) is 13.6. The van der Waals surface area contributed by atoms with Gasteiger partial charge in [0.1, 0.15) is 12.3 Å². The molecule has 1 aliphatic rings. The number of amides is 1. The monoisotopic (exact) mass is 384 g/mol. The summed E-state index contributed by atoms with van der Waals surface area (Å²) in [5.74, 6) is 0.361. The fraction of sp³-hybridized carbons (Fsp3) is 0.333. The summed E-state index contributed by atoms with van der Waals surface area (Å²) in [5, 5.41) is 5.94. The van der Waals surface area contributed by atoms with E-state index < -0.39 is 0 Å². The summed E-state index contributed by atoms with van der Waals surface area (Å²) < 4.78 is 5.40. The molecule has 142 valence electrons. The third kappa shape index (κ3) is 6.66. The Labute approximate surface area is 165 Å². The minimum atomic E-state index is -0.290. The largest absolute Gasteiger partial charge is 0.484 e. The Morgan fingerprint density at radius 1 is 1.00 bits per heavy atom. The lowest BCUT2D eigenvalue weighted by Crippen LogP contribution is -3.11. The Morgan fingerprint density at radius 2 is 1.70 bits per heavy atom. The molecule has 0 saturated carbocycles. The predicted molar refractivity (Wildman–Crippen MR) is 111 cm³/mol. The van der Waals surface area contributed by atoms with Gasteiger partial charge in [0.2, 0.25) is 0 Å². The molecule has 0 aromatic heterocycles. The summed E-state index contributed by atoms with van der Waals surface area (Å²) in [6, 6.07) is 17.4. The van der Waals surface area contributed by atoms with Crippen LogP contribution in [0.1, 0.15) is 24.8 Å². The maximum absolute atomic E-state index is 11.9. The zero-order chi connectivity index (χ0) is 18.9. The summed E-state index contributed by atoms with van der Waals surface area (Å²) in [5.41, 5.74) is 2.19. The van der Waals surface area contributed by atoms with Crippen LogP contribution >= 0.6 is 12.2 Å². The zero-order valence-corrected chi connectivity index (χ0v) is 16.2. The third-order valence-corrected chi connectivity index (χ3v) is 4.80. The van der Waals surface area contributed by atoms with E-state index in [1.165, 1.54) is 37.9 Å². The molecule has 6 heteroatoms. The molecule has 0 unspecified atom stereocenters. The van der Waals surface area contributed by atoms with Crippen LogP contribution in [0.25, 0.3) is 0 Å². The van der Waals surface area contributed by atoms with Gasteiger partial charge in [-0.15, -0.1) is 0 Å². The average molecular weight is 385 g/mol. The number of piperidine rings is 1. The van der Waals surface area contributed by atoms with E-state index in [4.69, 9.17) is 17.0 Å². The summed E-state index contributed by atoms with van der Waals surface area (Å²) in [7, 11) is 0. The SMILES string of the molecule is O=C(COc1ccccc1)NC(=S)Nc1ccc(C[NH+]2CCCCC2)cc1. The molecule has 1 saturated heterocycles. The first-order chi connectivity index (χ1) is 13.2. The highest BCUT2D eigenvalue weighted by Gasteiger charge is 2.13. The number of para-hydroxylation sites is 1. The van der Waals surface area contributed by atoms with Gasteiger partial charge in [-0.05, 0) is 55.7 Å². The highest BCUT2D eigenvalue weighted by Crippen LogP contribution is 2.10. The Bertz CT molecular complexity index is 744. The quantitative estimate of drug-likeness (QED) is 0.668. The van der Waals surface area contributed by atoms with Crippen molar-refractivity contribution in [1.82, 2.24) is 5.32 Å². The molecule has 0 spiro atoms. The standard InChI is InChI=1S/C21H25N3O2S/c25-20(16-26-19-7-3-1-4-8-19)23-21(27)22-18-11-9-17(10-12-18)15-24-13-5-2-6-14-24/h1,3-4,7-12H,2,5-6,13-16H2,(H2,22,23,25,27)/p+1.